The molecule has 0 spiro atoms. The fraction of sp³-hybridized carbons (Fsp3) is 0.250. The van der Waals surface area contributed by atoms with Gasteiger partial charge in [-0.1, -0.05) is 48.5 Å². The van der Waals surface area contributed by atoms with Crippen molar-refractivity contribution in [1.29, 1.82) is 0 Å². The molecule has 1 aliphatic rings. The first-order chi connectivity index (χ1) is 19.1. The summed E-state index contributed by atoms with van der Waals surface area (Å²) >= 11 is 0. The summed E-state index contributed by atoms with van der Waals surface area (Å²) in [6.45, 7) is 6.30. The van der Waals surface area contributed by atoms with Gasteiger partial charge in [-0.3, -0.25) is 9.88 Å². The fourth-order valence-electron chi connectivity index (χ4n) is 4.69. The molecular formula is C32H35N5O2. The number of aromatic nitrogens is 1. The Morgan fingerprint density at radius 3 is 2.49 bits per heavy atom. The van der Waals surface area contributed by atoms with E-state index in [2.05, 4.69) is 74.9 Å². The fourth-order valence-corrected chi connectivity index (χ4v) is 4.69. The molecule has 1 saturated heterocycles. The van der Waals surface area contributed by atoms with Gasteiger partial charge in [-0.25, -0.2) is 4.79 Å². The molecule has 7 nitrogen and oxygen atoms in total. The molecule has 200 valence electrons. The highest BCUT2D eigenvalue weighted by molar-refractivity contribution is 5.89. The van der Waals surface area contributed by atoms with Gasteiger partial charge in [0.05, 0.1) is 0 Å². The Hall–Kier alpha value is -4.20. The van der Waals surface area contributed by atoms with Crippen LogP contribution in [0.25, 0.3) is 11.1 Å². The number of nitrogens with one attached hydrogen (secondary N) is 2. The third kappa shape index (κ3) is 7.66. The van der Waals surface area contributed by atoms with E-state index in [0.29, 0.717) is 18.8 Å². The molecule has 2 heterocycles. The van der Waals surface area contributed by atoms with Crippen LogP contribution in [0.15, 0.2) is 97.3 Å². The minimum atomic E-state index is -0.267. The lowest BCUT2D eigenvalue weighted by atomic mass is 9.98. The Bertz CT molecular complexity index is 1350. The molecule has 0 aliphatic carbocycles. The highest BCUT2D eigenvalue weighted by Crippen LogP contribution is 2.27. The molecule has 2 amide bonds. The van der Waals surface area contributed by atoms with Gasteiger partial charge in [0.1, 0.15) is 12.4 Å². The van der Waals surface area contributed by atoms with Crippen LogP contribution in [0.4, 0.5) is 10.5 Å². The molecule has 4 aromatic rings. The van der Waals surface area contributed by atoms with Gasteiger partial charge in [-0.15, -0.1) is 0 Å². The SMILES string of the molecule is CN1CCN(Cc2cccc(-c3ccccc3COc3ccc(NC(=O)NCc4cccnc4)cc3)c2)CC1. The zero-order valence-electron chi connectivity index (χ0n) is 22.3. The van der Waals surface area contributed by atoms with E-state index in [4.69, 9.17) is 4.74 Å². The third-order valence-corrected chi connectivity index (χ3v) is 6.94. The number of hydrogen-bond acceptors (Lipinski definition) is 5. The second kappa shape index (κ2) is 13.0. The number of hydrogen-bond donors (Lipinski definition) is 2. The minimum Gasteiger partial charge on any atom is -0.489 e. The average molecular weight is 522 g/mol. The van der Waals surface area contributed by atoms with Gasteiger partial charge in [-0.05, 0) is 71.3 Å². The van der Waals surface area contributed by atoms with Gasteiger partial charge in [0, 0.05) is 57.3 Å². The van der Waals surface area contributed by atoms with E-state index in [9.17, 15) is 4.79 Å². The maximum absolute atomic E-state index is 12.2. The first kappa shape index (κ1) is 26.4. The Morgan fingerprint density at radius 1 is 0.897 bits per heavy atom. The highest BCUT2D eigenvalue weighted by atomic mass is 16.5. The number of amides is 2. The van der Waals surface area contributed by atoms with Crippen LogP contribution in [-0.2, 0) is 19.7 Å². The summed E-state index contributed by atoms with van der Waals surface area (Å²) in [6.07, 6.45) is 3.44. The summed E-state index contributed by atoms with van der Waals surface area (Å²) in [6, 6.07) is 28.2. The smallest absolute Gasteiger partial charge is 0.319 e. The molecule has 0 unspecified atom stereocenters. The monoisotopic (exact) mass is 521 g/mol. The topological polar surface area (TPSA) is 69.7 Å². The van der Waals surface area contributed by atoms with E-state index >= 15 is 0 Å². The first-order valence-corrected chi connectivity index (χ1v) is 13.4. The van der Waals surface area contributed by atoms with E-state index in [1.165, 1.54) is 16.7 Å². The summed E-state index contributed by atoms with van der Waals surface area (Å²) in [5.74, 6) is 0.745. The number of urea groups is 1. The van der Waals surface area contributed by atoms with E-state index in [1.54, 1.807) is 12.4 Å². The standard InChI is InChI=1S/C32H35N5O2/c1-36-16-18-37(19-17-36)23-25-6-4-9-27(20-25)31-10-3-2-8-28(31)24-39-30-13-11-29(12-14-30)35-32(38)34-22-26-7-5-15-33-21-26/h2-15,20-21H,16-19,22-24H2,1H3,(H2,34,35,38). The zero-order chi connectivity index (χ0) is 26.9. The van der Waals surface area contributed by atoms with Crippen LogP contribution in [0.1, 0.15) is 16.7 Å². The zero-order valence-corrected chi connectivity index (χ0v) is 22.3. The van der Waals surface area contributed by atoms with Crippen molar-refractivity contribution in [3.05, 3.63) is 114 Å². The maximum atomic E-state index is 12.2. The number of anilines is 1. The Morgan fingerprint density at radius 2 is 1.69 bits per heavy atom. The van der Waals surface area contributed by atoms with Crippen LogP contribution in [0.5, 0.6) is 5.75 Å². The van der Waals surface area contributed by atoms with Gasteiger partial charge in [0.2, 0.25) is 0 Å². The lowest BCUT2D eigenvalue weighted by molar-refractivity contribution is 0.148. The molecule has 0 radical (unpaired) electrons. The van der Waals surface area contributed by atoms with Gasteiger partial charge in [-0.2, -0.15) is 0 Å². The molecule has 0 saturated carbocycles. The largest absolute Gasteiger partial charge is 0.489 e. The predicted octanol–water partition coefficient (Wildman–Crippen LogP) is 5.40. The van der Waals surface area contributed by atoms with Crippen molar-refractivity contribution in [2.24, 2.45) is 0 Å². The molecule has 0 atom stereocenters. The van der Waals surface area contributed by atoms with Crippen molar-refractivity contribution in [2.75, 3.05) is 38.5 Å². The van der Waals surface area contributed by atoms with Crippen LogP contribution in [0.2, 0.25) is 0 Å². The van der Waals surface area contributed by atoms with Gasteiger partial charge >= 0.3 is 6.03 Å². The van der Waals surface area contributed by atoms with Gasteiger partial charge in [0.25, 0.3) is 0 Å². The van der Waals surface area contributed by atoms with Crippen LogP contribution >= 0.6 is 0 Å². The number of carbonyl (C=O) groups is 1. The van der Waals surface area contributed by atoms with E-state index < -0.39 is 0 Å². The summed E-state index contributed by atoms with van der Waals surface area (Å²) in [4.78, 5) is 21.2. The van der Waals surface area contributed by atoms with Crippen LogP contribution in [-0.4, -0.2) is 54.0 Å². The molecule has 1 aliphatic heterocycles. The number of ether oxygens (including phenoxy) is 1. The second-order valence-corrected chi connectivity index (χ2v) is 9.92. The predicted molar refractivity (Wildman–Crippen MR) is 156 cm³/mol. The average Bonchev–Trinajstić information content (AvgIpc) is 2.98. The molecule has 0 bridgehead atoms. The number of nitrogens with zero attached hydrogens (tertiary/aromatic N) is 3. The van der Waals surface area contributed by atoms with Crippen molar-refractivity contribution < 1.29 is 9.53 Å². The van der Waals surface area contributed by atoms with Crippen molar-refractivity contribution in [3.63, 3.8) is 0 Å². The van der Waals surface area contributed by atoms with E-state index in [-0.39, 0.29) is 6.03 Å². The maximum Gasteiger partial charge on any atom is 0.319 e. The lowest BCUT2D eigenvalue weighted by Gasteiger charge is -2.32. The molecule has 5 rings (SSSR count). The van der Waals surface area contributed by atoms with Crippen LogP contribution < -0.4 is 15.4 Å². The van der Waals surface area contributed by atoms with E-state index in [0.717, 1.165) is 49.6 Å². The lowest BCUT2D eigenvalue weighted by Crippen LogP contribution is -2.43. The molecular weight excluding hydrogens is 486 g/mol. The Kier molecular flexibility index (Phi) is 8.83. The summed E-state index contributed by atoms with van der Waals surface area (Å²) < 4.78 is 6.13. The third-order valence-electron chi connectivity index (χ3n) is 6.94. The first-order valence-electron chi connectivity index (χ1n) is 13.4. The molecule has 2 N–H and O–H groups in total. The van der Waals surface area contributed by atoms with Gasteiger partial charge < -0.3 is 20.3 Å². The van der Waals surface area contributed by atoms with Crippen molar-refractivity contribution in [3.8, 4) is 16.9 Å². The summed E-state index contributed by atoms with van der Waals surface area (Å²) in [7, 11) is 2.19. The Balaban J connectivity index is 1.16. The second-order valence-electron chi connectivity index (χ2n) is 9.92. The molecule has 1 aromatic heterocycles. The number of pyridine rings is 1. The van der Waals surface area contributed by atoms with Crippen molar-refractivity contribution in [2.45, 2.75) is 19.7 Å². The number of carbonyl (C=O) groups excluding carboxylic acids is 1. The molecule has 39 heavy (non-hydrogen) atoms. The summed E-state index contributed by atoms with van der Waals surface area (Å²) in [5, 5.41) is 5.68. The van der Waals surface area contributed by atoms with Crippen molar-refractivity contribution in [1.82, 2.24) is 20.1 Å². The quantitative estimate of drug-likeness (QED) is 0.309. The number of likely N-dealkylation sites (N-methyl/N-ethyl adjacent to an activating group) is 1. The molecule has 3 aromatic carbocycles. The number of piperazine rings is 1. The van der Waals surface area contributed by atoms with Crippen LogP contribution in [0.3, 0.4) is 0 Å². The van der Waals surface area contributed by atoms with E-state index in [1.807, 2.05) is 42.5 Å². The number of benzene rings is 3. The molecule has 1 fully saturated rings. The molecule has 7 heteroatoms. The van der Waals surface area contributed by atoms with Gasteiger partial charge in [0.15, 0.2) is 0 Å². The minimum absolute atomic E-state index is 0.267. The summed E-state index contributed by atoms with van der Waals surface area (Å²) in [5.41, 5.74) is 6.49. The Labute approximate surface area is 230 Å². The van der Waals surface area contributed by atoms with Crippen molar-refractivity contribution >= 4 is 11.7 Å². The van der Waals surface area contributed by atoms with Crippen LogP contribution in [0, 0.1) is 0 Å². The number of rotatable bonds is 9. The normalized spacial score (nSPS) is 14.1. The highest BCUT2D eigenvalue weighted by Gasteiger charge is 2.14.